The number of hydrogen-bond acceptors (Lipinski definition) is 5. The molecule has 1 saturated heterocycles. The lowest BCUT2D eigenvalue weighted by Crippen LogP contribution is -2.50. The molecule has 7 nitrogen and oxygen atoms in total. The fourth-order valence-electron chi connectivity index (χ4n) is 2.13. The Labute approximate surface area is 109 Å². The predicted molar refractivity (Wildman–Crippen MR) is 65.9 cm³/mol. The normalized spacial score (nSPS) is 17.3. The number of piperazine rings is 1. The summed E-state index contributed by atoms with van der Waals surface area (Å²) < 4.78 is 10.4. The zero-order valence-corrected chi connectivity index (χ0v) is 10.1. The van der Waals surface area contributed by atoms with Crippen LogP contribution in [0.5, 0.6) is 11.5 Å². The van der Waals surface area contributed by atoms with Gasteiger partial charge in [0.05, 0.1) is 12.1 Å². The van der Waals surface area contributed by atoms with Crippen LogP contribution in [0.2, 0.25) is 0 Å². The highest BCUT2D eigenvalue weighted by Gasteiger charge is 2.26. The van der Waals surface area contributed by atoms with Crippen LogP contribution in [-0.2, 0) is 4.79 Å². The summed E-state index contributed by atoms with van der Waals surface area (Å²) >= 11 is 0. The van der Waals surface area contributed by atoms with E-state index in [0.717, 1.165) is 0 Å². The number of rotatable bonds is 1. The lowest BCUT2D eigenvalue weighted by molar-refractivity contribution is -0.123. The molecule has 19 heavy (non-hydrogen) atoms. The maximum atomic E-state index is 12.3. The van der Waals surface area contributed by atoms with Crippen LogP contribution in [0.1, 0.15) is 10.4 Å². The van der Waals surface area contributed by atoms with Gasteiger partial charge in [0.15, 0.2) is 11.5 Å². The molecule has 7 heteroatoms. The highest BCUT2D eigenvalue weighted by molar-refractivity contribution is 6.01. The highest BCUT2D eigenvalue weighted by atomic mass is 16.7. The van der Waals surface area contributed by atoms with Crippen LogP contribution in [-0.4, -0.2) is 43.1 Å². The first-order valence-corrected chi connectivity index (χ1v) is 5.90. The molecule has 2 heterocycles. The van der Waals surface area contributed by atoms with Gasteiger partial charge in [-0.3, -0.25) is 9.59 Å². The van der Waals surface area contributed by atoms with Gasteiger partial charge in [-0.25, -0.2) is 0 Å². The van der Waals surface area contributed by atoms with Gasteiger partial charge < -0.3 is 25.4 Å². The topological polar surface area (TPSA) is 93.9 Å². The fraction of sp³-hybridized carbons (Fsp3) is 0.333. The Bertz CT molecular complexity index is 558. The van der Waals surface area contributed by atoms with Crippen molar-refractivity contribution >= 4 is 17.5 Å². The zero-order chi connectivity index (χ0) is 13.4. The van der Waals surface area contributed by atoms with Crippen LogP contribution < -0.4 is 20.5 Å². The minimum Gasteiger partial charge on any atom is -0.454 e. The number of carbonyl (C=O) groups is 2. The van der Waals surface area contributed by atoms with E-state index >= 15 is 0 Å². The first kappa shape index (κ1) is 11.6. The molecule has 0 spiro atoms. The summed E-state index contributed by atoms with van der Waals surface area (Å²) in [6.07, 6.45) is 0. The predicted octanol–water partition coefficient (Wildman–Crippen LogP) is -0.430. The molecule has 100 valence electrons. The Balaban J connectivity index is 1.89. The van der Waals surface area contributed by atoms with E-state index in [1.807, 2.05) is 0 Å². The van der Waals surface area contributed by atoms with Gasteiger partial charge in [-0.1, -0.05) is 0 Å². The molecule has 2 aliphatic heterocycles. The van der Waals surface area contributed by atoms with Crippen LogP contribution in [0.4, 0.5) is 5.69 Å². The number of carbonyl (C=O) groups excluding carboxylic acids is 2. The molecule has 1 aromatic carbocycles. The standard InChI is InChI=1S/C12H13N3O4/c13-8-4-10-9(18-6-19-10)3-7(8)12(17)15-2-1-14-11(16)5-15/h3-4H,1-2,5-6,13H2,(H,14,16). The van der Waals surface area contributed by atoms with Crippen LogP contribution in [0.15, 0.2) is 12.1 Å². The lowest BCUT2D eigenvalue weighted by atomic mass is 10.1. The van der Waals surface area contributed by atoms with Crippen molar-refractivity contribution in [3.05, 3.63) is 17.7 Å². The number of benzene rings is 1. The van der Waals surface area contributed by atoms with E-state index in [1.54, 1.807) is 12.1 Å². The Morgan fingerprint density at radius 1 is 1.32 bits per heavy atom. The summed E-state index contributed by atoms with van der Waals surface area (Å²) in [6.45, 7) is 1.10. The number of nitrogen functional groups attached to an aromatic ring is 1. The number of nitrogens with zero attached hydrogens (tertiary/aromatic N) is 1. The summed E-state index contributed by atoms with van der Waals surface area (Å²) in [7, 11) is 0. The number of nitrogens with one attached hydrogen (secondary N) is 1. The monoisotopic (exact) mass is 263 g/mol. The third-order valence-electron chi connectivity index (χ3n) is 3.10. The van der Waals surface area contributed by atoms with Crippen molar-refractivity contribution in [3.8, 4) is 11.5 Å². The number of hydrogen-bond donors (Lipinski definition) is 2. The SMILES string of the molecule is Nc1cc2c(cc1C(=O)N1CCNC(=O)C1)OCO2. The van der Waals surface area contributed by atoms with Gasteiger partial charge in [-0.05, 0) is 6.07 Å². The van der Waals surface area contributed by atoms with Crippen LogP contribution in [0.25, 0.3) is 0 Å². The van der Waals surface area contributed by atoms with Crippen molar-refractivity contribution in [3.63, 3.8) is 0 Å². The Morgan fingerprint density at radius 3 is 2.79 bits per heavy atom. The summed E-state index contributed by atoms with van der Waals surface area (Å²) in [5.41, 5.74) is 6.50. The molecule has 0 bridgehead atoms. The molecule has 0 aliphatic carbocycles. The highest BCUT2D eigenvalue weighted by Crippen LogP contribution is 2.36. The van der Waals surface area contributed by atoms with Gasteiger partial charge >= 0.3 is 0 Å². The van der Waals surface area contributed by atoms with Gasteiger partial charge in [0, 0.05) is 24.8 Å². The number of nitrogens with two attached hydrogens (primary N) is 1. The van der Waals surface area contributed by atoms with E-state index in [-0.39, 0.29) is 25.2 Å². The second kappa shape index (κ2) is 4.34. The molecule has 0 radical (unpaired) electrons. The van der Waals surface area contributed by atoms with E-state index in [2.05, 4.69) is 5.32 Å². The second-order valence-corrected chi connectivity index (χ2v) is 4.37. The molecule has 3 rings (SSSR count). The summed E-state index contributed by atoms with van der Waals surface area (Å²) in [5, 5.41) is 2.67. The molecule has 0 saturated carbocycles. The first-order chi connectivity index (χ1) is 9.15. The van der Waals surface area contributed by atoms with Crippen molar-refractivity contribution in [2.75, 3.05) is 32.2 Å². The van der Waals surface area contributed by atoms with Crippen LogP contribution in [0, 0.1) is 0 Å². The maximum absolute atomic E-state index is 12.3. The van der Waals surface area contributed by atoms with E-state index in [9.17, 15) is 9.59 Å². The molecular weight excluding hydrogens is 250 g/mol. The molecule has 2 aliphatic rings. The lowest BCUT2D eigenvalue weighted by Gasteiger charge is -2.27. The maximum Gasteiger partial charge on any atom is 0.256 e. The minimum absolute atomic E-state index is 0.0483. The second-order valence-electron chi connectivity index (χ2n) is 4.37. The van der Waals surface area contributed by atoms with Crippen LogP contribution in [0.3, 0.4) is 0 Å². The molecule has 0 aromatic heterocycles. The van der Waals surface area contributed by atoms with Crippen molar-refractivity contribution in [1.82, 2.24) is 10.2 Å². The number of fused-ring (bicyclic) bond motifs is 1. The summed E-state index contributed by atoms with van der Waals surface area (Å²) in [6, 6.07) is 3.13. The minimum atomic E-state index is -0.273. The molecule has 0 atom stereocenters. The fourth-order valence-corrected chi connectivity index (χ4v) is 2.13. The van der Waals surface area contributed by atoms with Gasteiger partial charge in [-0.15, -0.1) is 0 Å². The Morgan fingerprint density at radius 2 is 2.05 bits per heavy atom. The molecule has 2 amide bonds. The molecule has 0 unspecified atom stereocenters. The number of ether oxygens (including phenoxy) is 2. The first-order valence-electron chi connectivity index (χ1n) is 5.90. The third kappa shape index (κ3) is 2.03. The Hall–Kier alpha value is -2.44. The smallest absolute Gasteiger partial charge is 0.256 e. The third-order valence-corrected chi connectivity index (χ3v) is 3.10. The van der Waals surface area contributed by atoms with Gasteiger partial charge in [0.2, 0.25) is 12.7 Å². The number of amides is 2. The molecular formula is C12H13N3O4. The van der Waals surface area contributed by atoms with E-state index in [1.165, 1.54) is 4.90 Å². The zero-order valence-electron chi connectivity index (χ0n) is 10.1. The van der Waals surface area contributed by atoms with Gasteiger partial charge in [0.25, 0.3) is 5.91 Å². The molecule has 1 fully saturated rings. The quantitative estimate of drug-likeness (QED) is 0.670. The van der Waals surface area contributed by atoms with Crippen molar-refractivity contribution in [2.45, 2.75) is 0 Å². The summed E-state index contributed by atoms with van der Waals surface area (Å²) in [4.78, 5) is 25.1. The van der Waals surface area contributed by atoms with E-state index < -0.39 is 0 Å². The Kier molecular flexibility index (Phi) is 2.66. The van der Waals surface area contributed by atoms with Gasteiger partial charge in [-0.2, -0.15) is 0 Å². The average Bonchev–Trinajstić information content (AvgIpc) is 2.84. The largest absolute Gasteiger partial charge is 0.454 e. The van der Waals surface area contributed by atoms with Crippen molar-refractivity contribution in [1.29, 1.82) is 0 Å². The van der Waals surface area contributed by atoms with Crippen molar-refractivity contribution in [2.24, 2.45) is 0 Å². The molecule has 1 aromatic rings. The average molecular weight is 263 g/mol. The van der Waals surface area contributed by atoms with Gasteiger partial charge in [0.1, 0.15) is 0 Å². The van der Waals surface area contributed by atoms with Crippen molar-refractivity contribution < 1.29 is 19.1 Å². The number of anilines is 1. The summed E-state index contributed by atoms with van der Waals surface area (Å²) in [5.74, 6) is 0.592. The van der Waals surface area contributed by atoms with E-state index in [4.69, 9.17) is 15.2 Å². The van der Waals surface area contributed by atoms with E-state index in [0.29, 0.717) is 35.8 Å². The van der Waals surface area contributed by atoms with Crippen LogP contribution >= 0.6 is 0 Å². The molecule has 3 N–H and O–H groups in total.